The molecule has 1 fully saturated rings. The molecular formula is C22H32IN5. The van der Waals surface area contributed by atoms with Gasteiger partial charge in [-0.1, -0.05) is 36.8 Å². The normalized spacial score (nSPS) is 17.8. The molecule has 0 amide bonds. The van der Waals surface area contributed by atoms with Gasteiger partial charge < -0.3 is 11.1 Å². The Hall–Kier alpha value is -1.67. The number of nitrogens with zero attached hydrogens (tertiary/aromatic N) is 3. The first kappa shape index (κ1) is 22.6. The lowest BCUT2D eigenvalue weighted by atomic mass is 10.0. The first-order valence-corrected chi connectivity index (χ1v) is 9.97. The van der Waals surface area contributed by atoms with Crippen molar-refractivity contribution in [1.82, 2.24) is 15.2 Å². The van der Waals surface area contributed by atoms with Crippen molar-refractivity contribution in [2.45, 2.75) is 51.7 Å². The lowest BCUT2D eigenvalue weighted by Gasteiger charge is -2.33. The van der Waals surface area contributed by atoms with E-state index in [2.05, 4.69) is 51.4 Å². The van der Waals surface area contributed by atoms with Crippen molar-refractivity contribution < 1.29 is 0 Å². The van der Waals surface area contributed by atoms with Crippen LogP contribution in [0.5, 0.6) is 0 Å². The van der Waals surface area contributed by atoms with Crippen molar-refractivity contribution in [3.05, 3.63) is 65.5 Å². The minimum atomic E-state index is 0. The Morgan fingerprint density at radius 2 is 1.96 bits per heavy atom. The zero-order valence-corrected chi connectivity index (χ0v) is 19.0. The molecule has 2 heterocycles. The van der Waals surface area contributed by atoms with Crippen molar-refractivity contribution in [2.24, 2.45) is 10.7 Å². The number of hydrogen-bond donors (Lipinski definition) is 2. The molecule has 1 aliphatic rings. The van der Waals surface area contributed by atoms with E-state index in [9.17, 15) is 0 Å². The van der Waals surface area contributed by atoms with Crippen LogP contribution in [0, 0.1) is 0 Å². The monoisotopic (exact) mass is 493 g/mol. The van der Waals surface area contributed by atoms with E-state index in [4.69, 9.17) is 5.73 Å². The average molecular weight is 493 g/mol. The maximum atomic E-state index is 6.05. The van der Waals surface area contributed by atoms with E-state index in [0.29, 0.717) is 18.5 Å². The van der Waals surface area contributed by atoms with Crippen LogP contribution in [-0.4, -0.2) is 35.0 Å². The molecule has 0 bridgehead atoms. The highest BCUT2D eigenvalue weighted by atomic mass is 127. The maximum Gasteiger partial charge on any atom is 0.188 e. The van der Waals surface area contributed by atoms with Crippen molar-refractivity contribution in [1.29, 1.82) is 0 Å². The van der Waals surface area contributed by atoms with Crippen molar-refractivity contribution >= 4 is 29.9 Å². The summed E-state index contributed by atoms with van der Waals surface area (Å²) < 4.78 is 0. The standard InChI is InChI=1S/C22H31N5.HI/c1-18-8-5-7-15-27(18)17-20-10-3-2-9-19(20)16-26-22(23)25-14-12-21-11-4-6-13-24-21;/h2-4,6,9-11,13,18H,5,7-8,12,14-17H2,1H3,(H3,23,25,26);1H. The summed E-state index contributed by atoms with van der Waals surface area (Å²) in [7, 11) is 0. The van der Waals surface area contributed by atoms with E-state index in [1.54, 1.807) is 0 Å². The minimum absolute atomic E-state index is 0. The Bertz CT molecular complexity index is 735. The van der Waals surface area contributed by atoms with Crippen LogP contribution < -0.4 is 11.1 Å². The number of aromatic nitrogens is 1. The third-order valence-electron chi connectivity index (χ3n) is 5.27. The largest absolute Gasteiger partial charge is 0.370 e. The third-order valence-corrected chi connectivity index (χ3v) is 5.27. The molecule has 1 atom stereocenters. The molecule has 1 aromatic carbocycles. The molecule has 2 aromatic rings. The quantitative estimate of drug-likeness (QED) is 0.351. The second kappa shape index (κ2) is 12.0. The maximum absolute atomic E-state index is 6.05. The predicted molar refractivity (Wildman–Crippen MR) is 127 cm³/mol. The summed E-state index contributed by atoms with van der Waals surface area (Å²) in [5, 5.41) is 3.19. The van der Waals surface area contributed by atoms with Gasteiger partial charge in [0.2, 0.25) is 0 Å². The van der Waals surface area contributed by atoms with E-state index >= 15 is 0 Å². The van der Waals surface area contributed by atoms with E-state index in [-0.39, 0.29) is 24.0 Å². The first-order valence-electron chi connectivity index (χ1n) is 9.97. The van der Waals surface area contributed by atoms with Crippen LogP contribution in [0.15, 0.2) is 53.7 Å². The van der Waals surface area contributed by atoms with Crippen LogP contribution >= 0.6 is 24.0 Å². The summed E-state index contributed by atoms with van der Waals surface area (Å²) in [6.07, 6.45) is 6.60. The molecule has 0 spiro atoms. The van der Waals surface area contributed by atoms with Gasteiger partial charge in [0.1, 0.15) is 0 Å². The Balaban J connectivity index is 0.00000280. The van der Waals surface area contributed by atoms with Crippen LogP contribution in [0.25, 0.3) is 0 Å². The van der Waals surface area contributed by atoms with Gasteiger partial charge in [0.05, 0.1) is 6.54 Å². The van der Waals surface area contributed by atoms with E-state index in [1.165, 1.54) is 36.9 Å². The minimum Gasteiger partial charge on any atom is -0.370 e. The van der Waals surface area contributed by atoms with Gasteiger partial charge >= 0.3 is 0 Å². The van der Waals surface area contributed by atoms with E-state index in [1.807, 2.05) is 24.4 Å². The van der Waals surface area contributed by atoms with Crippen molar-refractivity contribution in [2.75, 3.05) is 13.1 Å². The molecular weight excluding hydrogens is 461 g/mol. The van der Waals surface area contributed by atoms with Crippen LogP contribution in [0.4, 0.5) is 0 Å². The van der Waals surface area contributed by atoms with Crippen molar-refractivity contribution in [3.63, 3.8) is 0 Å². The van der Waals surface area contributed by atoms with Crippen LogP contribution in [0.1, 0.15) is 43.0 Å². The third kappa shape index (κ3) is 7.05. The van der Waals surface area contributed by atoms with E-state index < -0.39 is 0 Å². The molecule has 152 valence electrons. The molecule has 3 N–H and O–H groups in total. The van der Waals surface area contributed by atoms with Gasteiger partial charge in [0, 0.05) is 37.4 Å². The summed E-state index contributed by atoms with van der Waals surface area (Å²) in [5.74, 6) is 0.493. The summed E-state index contributed by atoms with van der Waals surface area (Å²) in [6.45, 7) is 5.87. The number of benzene rings is 1. The molecule has 1 saturated heterocycles. The fourth-order valence-corrected chi connectivity index (χ4v) is 3.57. The first-order chi connectivity index (χ1) is 13.2. The van der Waals surface area contributed by atoms with Gasteiger partial charge in [0.25, 0.3) is 0 Å². The summed E-state index contributed by atoms with van der Waals surface area (Å²) in [5.41, 5.74) is 9.72. The highest BCUT2D eigenvalue weighted by Crippen LogP contribution is 2.21. The van der Waals surface area contributed by atoms with Gasteiger partial charge in [-0.3, -0.25) is 9.88 Å². The molecule has 1 unspecified atom stereocenters. The van der Waals surface area contributed by atoms with Crippen LogP contribution in [-0.2, 0) is 19.5 Å². The summed E-state index contributed by atoms with van der Waals surface area (Å²) >= 11 is 0. The second-order valence-electron chi connectivity index (χ2n) is 7.28. The van der Waals surface area contributed by atoms with Crippen molar-refractivity contribution in [3.8, 4) is 0 Å². The second-order valence-corrected chi connectivity index (χ2v) is 7.28. The number of nitrogens with two attached hydrogens (primary N) is 1. The lowest BCUT2D eigenvalue weighted by Crippen LogP contribution is -2.37. The number of hydrogen-bond acceptors (Lipinski definition) is 3. The molecule has 0 radical (unpaired) electrons. The van der Waals surface area contributed by atoms with Crippen LogP contribution in [0.2, 0.25) is 0 Å². The number of rotatable bonds is 7. The van der Waals surface area contributed by atoms with Gasteiger partial charge in [-0.15, -0.1) is 24.0 Å². The van der Waals surface area contributed by atoms with Gasteiger partial charge in [-0.25, -0.2) is 4.99 Å². The molecule has 28 heavy (non-hydrogen) atoms. The number of halogens is 1. The van der Waals surface area contributed by atoms with Gasteiger partial charge in [0.15, 0.2) is 5.96 Å². The molecule has 6 heteroatoms. The Morgan fingerprint density at radius 1 is 1.18 bits per heavy atom. The number of piperidine rings is 1. The molecule has 5 nitrogen and oxygen atoms in total. The van der Waals surface area contributed by atoms with Gasteiger partial charge in [-0.05, 0) is 49.6 Å². The average Bonchev–Trinajstić information content (AvgIpc) is 2.70. The van der Waals surface area contributed by atoms with E-state index in [0.717, 1.165) is 25.2 Å². The SMILES string of the molecule is CC1CCCCN1Cc1ccccc1CN=C(N)NCCc1ccccn1.I. The smallest absolute Gasteiger partial charge is 0.188 e. The number of guanidine groups is 1. The zero-order chi connectivity index (χ0) is 18.9. The Kier molecular flexibility index (Phi) is 9.70. The molecule has 1 aliphatic heterocycles. The predicted octanol–water partition coefficient (Wildman–Crippen LogP) is 3.72. The number of likely N-dealkylation sites (tertiary alicyclic amines) is 1. The Morgan fingerprint density at radius 3 is 2.71 bits per heavy atom. The number of aliphatic imine (C=N–C) groups is 1. The highest BCUT2D eigenvalue weighted by molar-refractivity contribution is 14.0. The number of nitrogens with one attached hydrogen (secondary N) is 1. The highest BCUT2D eigenvalue weighted by Gasteiger charge is 2.18. The molecule has 1 aromatic heterocycles. The molecule has 3 rings (SSSR count). The van der Waals surface area contributed by atoms with Gasteiger partial charge in [-0.2, -0.15) is 0 Å². The summed E-state index contributed by atoms with van der Waals surface area (Å²) in [6, 6.07) is 15.2. The topological polar surface area (TPSA) is 66.5 Å². The fourth-order valence-electron chi connectivity index (χ4n) is 3.57. The lowest BCUT2D eigenvalue weighted by molar-refractivity contribution is 0.152. The zero-order valence-electron chi connectivity index (χ0n) is 16.7. The molecule has 0 aliphatic carbocycles. The molecule has 0 saturated carbocycles. The fraction of sp³-hybridized carbons (Fsp3) is 0.455. The van der Waals surface area contributed by atoms with Crippen LogP contribution in [0.3, 0.4) is 0 Å². The Labute approximate surface area is 185 Å². The number of pyridine rings is 1. The summed E-state index contributed by atoms with van der Waals surface area (Å²) in [4.78, 5) is 11.4.